The molecule has 1 unspecified atom stereocenters. The van der Waals surface area contributed by atoms with Gasteiger partial charge in [0.25, 0.3) is 0 Å². The van der Waals surface area contributed by atoms with Gasteiger partial charge in [0, 0.05) is 28.4 Å². The molecule has 12 rings (SSSR count). The average molecular weight is 947 g/mol. The van der Waals surface area contributed by atoms with Crippen LogP contribution in [0.25, 0.3) is 72.3 Å². The maximum atomic E-state index is 2.47. The van der Waals surface area contributed by atoms with E-state index in [1.807, 2.05) is 0 Å². The summed E-state index contributed by atoms with van der Waals surface area (Å²) in [5.41, 5.74) is 22.5. The Labute approximate surface area is 435 Å². The van der Waals surface area contributed by atoms with Crippen LogP contribution in [0.15, 0.2) is 309 Å². The van der Waals surface area contributed by atoms with Crippen molar-refractivity contribution in [2.45, 2.75) is 12.5 Å². The zero-order valence-electron chi connectivity index (χ0n) is 41.1. The molecule has 0 aliphatic heterocycles. The van der Waals surface area contributed by atoms with Gasteiger partial charge >= 0.3 is 0 Å². The van der Waals surface area contributed by atoms with Crippen LogP contribution in [0, 0.1) is 0 Å². The molecule has 1 aliphatic rings. The van der Waals surface area contributed by atoms with Crippen LogP contribution in [0.3, 0.4) is 0 Å². The van der Waals surface area contributed by atoms with Crippen LogP contribution in [0.1, 0.15) is 12.0 Å². The van der Waals surface area contributed by atoms with Crippen molar-refractivity contribution in [1.82, 2.24) is 0 Å². The van der Waals surface area contributed by atoms with Gasteiger partial charge in [0.15, 0.2) is 0 Å². The van der Waals surface area contributed by atoms with E-state index in [2.05, 4.69) is 319 Å². The summed E-state index contributed by atoms with van der Waals surface area (Å²) in [4.78, 5) is 4.80. The Bertz CT molecular complexity index is 3680. The third kappa shape index (κ3) is 9.65. The van der Waals surface area contributed by atoms with E-state index in [4.69, 9.17) is 0 Å². The third-order valence-corrected chi connectivity index (χ3v) is 14.3. The molecule has 0 spiro atoms. The molecule has 0 fully saturated rings. The molecule has 2 nitrogen and oxygen atoms in total. The molecule has 0 saturated carbocycles. The Hall–Kier alpha value is -9.50. The molecule has 0 aromatic heterocycles. The van der Waals surface area contributed by atoms with Crippen molar-refractivity contribution < 1.29 is 0 Å². The van der Waals surface area contributed by atoms with E-state index in [1.165, 1.54) is 78.0 Å². The molecule has 74 heavy (non-hydrogen) atoms. The van der Waals surface area contributed by atoms with E-state index in [1.54, 1.807) is 0 Å². The van der Waals surface area contributed by atoms with Crippen LogP contribution in [-0.2, 0) is 0 Å². The number of anilines is 5. The summed E-state index contributed by atoms with van der Waals surface area (Å²) in [5, 5.41) is 0. The molecule has 11 aromatic carbocycles. The van der Waals surface area contributed by atoms with Gasteiger partial charge in [-0.05, 0) is 145 Å². The molecule has 2 heteroatoms. The highest BCUT2D eigenvalue weighted by Crippen LogP contribution is 2.42. The first-order valence-corrected chi connectivity index (χ1v) is 25.6. The maximum absolute atomic E-state index is 2.47. The van der Waals surface area contributed by atoms with Crippen LogP contribution >= 0.6 is 0 Å². The summed E-state index contributed by atoms with van der Waals surface area (Å²) >= 11 is 0. The van der Waals surface area contributed by atoms with Gasteiger partial charge in [-0.15, -0.1) is 0 Å². The fraction of sp³-hybridized carbons (Fsp3) is 0.0278. The Kier molecular flexibility index (Phi) is 13.0. The molecule has 1 aliphatic carbocycles. The molecule has 352 valence electrons. The van der Waals surface area contributed by atoms with Gasteiger partial charge in [0.2, 0.25) is 0 Å². The molecule has 0 saturated heterocycles. The third-order valence-electron chi connectivity index (χ3n) is 14.3. The highest BCUT2D eigenvalue weighted by Gasteiger charge is 2.22. The van der Waals surface area contributed by atoms with Crippen molar-refractivity contribution in [3.8, 4) is 66.8 Å². The Morgan fingerprint density at radius 1 is 0.243 bits per heavy atom. The number of rotatable bonds is 13. The molecule has 1 atom stereocenters. The average Bonchev–Trinajstić information content (AvgIpc) is 3.49. The lowest BCUT2D eigenvalue weighted by Gasteiger charge is -2.33. The number of nitrogens with zero attached hydrogens (tertiary/aromatic N) is 2. The predicted octanol–water partition coefficient (Wildman–Crippen LogP) is 19.7. The molecule has 0 amide bonds. The molecular weight excluding hydrogens is 893 g/mol. The van der Waals surface area contributed by atoms with Crippen LogP contribution in [0.5, 0.6) is 0 Å². The lowest BCUT2D eigenvalue weighted by atomic mass is 9.89. The fourth-order valence-corrected chi connectivity index (χ4v) is 10.5. The number of allylic oxidation sites excluding steroid dienone is 2. The van der Waals surface area contributed by atoms with E-state index in [0.717, 1.165) is 34.7 Å². The summed E-state index contributed by atoms with van der Waals surface area (Å²) in [6.07, 6.45) is 7.94. The summed E-state index contributed by atoms with van der Waals surface area (Å²) in [7, 11) is 0. The molecule has 0 heterocycles. The topological polar surface area (TPSA) is 6.48 Å². The highest BCUT2D eigenvalue weighted by atomic mass is 15.2. The Balaban J connectivity index is 0.800. The van der Waals surface area contributed by atoms with Crippen molar-refractivity contribution in [2.24, 2.45) is 0 Å². The van der Waals surface area contributed by atoms with Gasteiger partial charge in [0.05, 0.1) is 6.04 Å². The minimum Gasteiger partial charge on any atom is -0.334 e. The number of benzene rings is 11. The first-order valence-electron chi connectivity index (χ1n) is 25.6. The highest BCUT2D eigenvalue weighted by molar-refractivity contribution is 5.93. The molecule has 0 radical (unpaired) electrons. The van der Waals surface area contributed by atoms with E-state index >= 15 is 0 Å². The van der Waals surface area contributed by atoms with Gasteiger partial charge < -0.3 is 9.80 Å². The van der Waals surface area contributed by atoms with Crippen molar-refractivity contribution in [3.05, 3.63) is 315 Å². The van der Waals surface area contributed by atoms with Gasteiger partial charge in [-0.1, -0.05) is 249 Å². The zero-order valence-corrected chi connectivity index (χ0v) is 41.1. The summed E-state index contributed by atoms with van der Waals surface area (Å²) in [5.74, 6) is 0. The number of hydrogen-bond acceptors (Lipinski definition) is 2. The first kappa shape index (κ1) is 45.6. The lowest BCUT2D eigenvalue weighted by molar-refractivity contribution is 0.787. The largest absolute Gasteiger partial charge is 0.334 e. The second-order valence-electron chi connectivity index (χ2n) is 18.8. The van der Waals surface area contributed by atoms with Crippen molar-refractivity contribution in [1.29, 1.82) is 0 Å². The van der Waals surface area contributed by atoms with Crippen LogP contribution in [0.4, 0.5) is 28.4 Å². The normalized spacial score (nSPS) is 13.0. The lowest BCUT2D eigenvalue weighted by Crippen LogP contribution is -2.30. The summed E-state index contributed by atoms with van der Waals surface area (Å²) < 4.78 is 0. The van der Waals surface area contributed by atoms with Crippen molar-refractivity contribution in [2.75, 3.05) is 9.80 Å². The zero-order chi connectivity index (χ0) is 49.5. The first-order chi connectivity index (χ1) is 36.7. The quantitative estimate of drug-likeness (QED) is 0.114. The molecule has 0 N–H and O–H groups in total. The molecule has 0 bridgehead atoms. The van der Waals surface area contributed by atoms with E-state index in [9.17, 15) is 0 Å². The second kappa shape index (κ2) is 21.1. The second-order valence-corrected chi connectivity index (χ2v) is 18.8. The van der Waals surface area contributed by atoms with Gasteiger partial charge in [-0.2, -0.15) is 0 Å². The summed E-state index contributed by atoms with van der Waals surface area (Å²) in [6, 6.07) is 105. The summed E-state index contributed by atoms with van der Waals surface area (Å²) in [6.45, 7) is 0. The van der Waals surface area contributed by atoms with Crippen LogP contribution < -0.4 is 9.80 Å². The smallest absolute Gasteiger partial charge is 0.0560 e. The van der Waals surface area contributed by atoms with Crippen molar-refractivity contribution in [3.63, 3.8) is 0 Å². The predicted molar refractivity (Wildman–Crippen MR) is 314 cm³/mol. The fourth-order valence-electron chi connectivity index (χ4n) is 10.5. The van der Waals surface area contributed by atoms with E-state index < -0.39 is 0 Å². The monoisotopic (exact) mass is 946 g/mol. The Morgan fingerprint density at radius 2 is 0.541 bits per heavy atom. The minimum absolute atomic E-state index is 0.163. The SMILES string of the molecule is C1=CC(N(c2ccccc2)c2ccc(-c3ccccc3-c3ccccc3-c3ccc(N(c4ccccc4)c4ccc(-c5ccc(-c6ccccc6)cc5)cc4)cc3)cc2)CC=C1c1ccc(-c2ccccc2)cc1. The maximum Gasteiger partial charge on any atom is 0.0560 e. The molecular formula is C72H54N2. The van der Waals surface area contributed by atoms with Crippen LogP contribution in [-0.4, -0.2) is 6.04 Å². The van der Waals surface area contributed by atoms with Gasteiger partial charge in [-0.25, -0.2) is 0 Å². The van der Waals surface area contributed by atoms with E-state index in [0.29, 0.717) is 0 Å². The Morgan fingerprint density at radius 3 is 0.959 bits per heavy atom. The standard InChI is InChI=1S/C72H54N2/c1-5-17-53(18-6-1)55-29-33-57(34-30-55)59-37-45-65(46-38-59)73(63-21-9-3-10-22-63)67-49-41-61(42-50-67)69-25-13-15-27-71(69)72-28-16-14-26-70(72)62-43-51-68(52-44-62)74(64-23-11-4-12-24-64)66-47-39-60(40-48-66)58-35-31-56(32-36-58)54-19-7-2-8-20-54/h1-47,49-52,66H,48H2. The molecule has 11 aromatic rings. The van der Waals surface area contributed by atoms with Crippen molar-refractivity contribution >= 4 is 34.0 Å². The number of hydrogen-bond donors (Lipinski definition) is 0. The van der Waals surface area contributed by atoms with Crippen LogP contribution in [0.2, 0.25) is 0 Å². The van der Waals surface area contributed by atoms with Gasteiger partial charge in [0.1, 0.15) is 0 Å². The van der Waals surface area contributed by atoms with Gasteiger partial charge in [-0.3, -0.25) is 0 Å². The minimum atomic E-state index is 0.163. The number of para-hydroxylation sites is 2. The van der Waals surface area contributed by atoms with E-state index in [-0.39, 0.29) is 6.04 Å².